The summed E-state index contributed by atoms with van der Waals surface area (Å²) >= 11 is 0. The molecule has 1 aromatic carbocycles. The summed E-state index contributed by atoms with van der Waals surface area (Å²) in [7, 11) is 0. The van der Waals surface area contributed by atoms with Crippen LogP contribution in [-0.4, -0.2) is 47.8 Å². The zero-order valence-electron chi connectivity index (χ0n) is 11.6. The maximum absolute atomic E-state index is 13.0. The largest absolute Gasteiger partial charge is 0.481 e. The molecule has 1 fully saturated rings. The quantitative estimate of drug-likeness (QED) is 0.892. The van der Waals surface area contributed by atoms with Gasteiger partial charge in [0.15, 0.2) is 0 Å². The molecule has 1 heterocycles. The highest BCUT2D eigenvalue weighted by Gasteiger charge is 2.29. The molecule has 1 saturated heterocycles. The van der Waals surface area contributed by atoms with Gasteiger partial charge in [-0.2, -0.15) is 0 Å². The number of carbonyl (C=O) groups excluding carboxylic acids is 1. The molecule has 1 unspecified atom stereocenters. The number of rotatable bonds is 3. The van der Waals surface area contributed by atoms with Crippen LogP contribution >= 0.6 is 0 Å². The number of aryl methyl sites for hydroxylation is 1. The van der Waals surface area contributed by atoms with Gasteiger partial charge in [-0.05, 0) is 30.7 Å². The molecule has 2 rings (SSSR count). The summed E-state index contributed by atoms with van der Waals surface area (Å²) in [6.45, 7) is 2.57. The molecule has 114 valence electrons. The van der Waals surface area contributed by atoms with Crippen LogP contribution in [-0.2, 0) is 9.53 Å². The smallest absolute Gasteiger partial charge is 0.322 e. The fraction of sp³-hybridized carbons (Fsp3) is 0.429. The van der Waals surface area contributed by atoms with Crippen molar-refractivity contribution in [3.8, 4) is 0 Å². The topological polar surface area (TPSA) is 78.9 Å². The maximum atomic E-state index is 13.0. The number of amides is 2. The number of anilines is 1. The Bertz CT molecular complexity index is 550. The van der Waals surface area contributed by atoms with Crippen LogP contribution in [0.1, 0.15) is 12.0 Å². The van der Waals surface area contributed by atoms with Gasteiger partial charge in [0.1, 0.15) is 5.82 Å². The fourth-order valence-electron chi connectivity index (χ4n) is 2.25. The zero-order chi connectivity index (χ0) is 15.4. The van der Waals surface area contributed by atoms with Crippen LogP contribution in [0.15, 0.2) is 18.2 Å². The SMILES string of the molecule is Cc1cc(F)ccc1NC(=O)N1CCOCC1CC(=O)O. The number of morpholine rings is 1. The molecule has 6 nitrogen and oxygen atoms in total. The molecule has 2 amide bonds. The van der Waals surface area contributed by atoms with E-state index in [1.54, 1.807) is 6.92 Å². The fourth-order valence-corrected chi connectivity index (χ4v) is 2.25. The number of benzene rings is 1. The Balaban J connectivity index is 2.08. The van der Waals surface area contributed by atoms with E-state index in [-0.39, 0.29) is 18.8 Å². The van der Waals surface area contributed by atoms with E-state index in [0.29, 0.717) is 24.4 Å². The van der Waals surface area contributed by atoms with Crippen LogP contribution in [0.25, 0.3) is 0 Å². The highest BCUT2D eigenvalue weighted by atomic mass is 19.1. The molecule has 7 heteroatoms. The van der Waals surface area contributed by atoms with E-state index >= 15 is 0 Å². The molecule has 0 bridgehead atoms. The van der Waals surface area contributed by atoms with Gasteiger partial charge in [-0.1, -0.05) is 0 Å². The molecular weight excluding hydrogens is 279 g/mol. The number of urea groups is 1. The standard InChI is InChI=1S/C14H17FN2O4/c1-9-6-10(15)2-3-12(9)16-14(20)17-4-5-21-8-11(17)7-13(18)19/h2-3,6,11H,4-5,7-8H2,1H3,(H,16,20)(H,18,19). The van der Waals surface area contributed by atoms with Crippen molar-refractivity contribution in [2.45, 2.75) is 19.4 Å². The van der Waals surface area contributed by atoms with Gasteiger partial charge in [0, 0.05) is 12.2 Å². The normalized spacial score (nSPS) is 18.4. The first-order chi connectivity index (χ1) is 9.97. The van der Waals surface area contributed by atoms with Gasteiger partial charge in [0.05, 0.1) is 25.7 Å². The summed E-state index contributed by atoms with van der Waals surface area (Å²) in [4.78, 5) is 24.5. The van der Waals surface area contributed by atoms with E-state index in [9.17, 15) is 14.0 Å². The molecule has 0 aromatic heterocycles. The summed E-state index contributed by atoms with van der Waals surface area (Å²) in [5.74, 6) is -1.36. The average molecular weight is 296 g/mol. The number of hydrogen-bond donors (Lipinski definition) is 2. The minimum atomic E-state index is -0.985. The molecule has 2 N–H and O–H groups in total. The number of carboxylic acid groups (broad SMARTS) is 1. The van der Waals surface area contributed by atoms with Crippen LogP contribution in [0.4, 0.5) is 14.9 Å². The Morgan fingerprint density at radius 1 is 1.52 bits per heavy atom. The summed E-state index contributed by atoms with van der Waals surface area (Å²) in [6.07, 6.45) is -0.171. The summed E-state index contributed by atoms with van der Waals surface area (Å²) in [5, 5.41) is 11.6. The third-order valence-electron chi connectivity index (χ3n) is 3.33. The molecule has 1 aliphatic rings. The molecule has 1 aromatic rings. The minimum Gasteiger partial charge on any atom is -0.481 e. The van der Waals surface area contributed by atoms with Gasteiger partial charge >= 0.3 is 12.0 Å². The second kappa shape index (κ2) is 6.53. The number of halogens is 1. The second-order valence-electron chi connectivity index (χ2n) is 4.91. The van der Waals surface area contributed by atoms with Gasteiger partial charge in [0.25, 0.3) is 0 Å². The minimum absolute atomic E-state index is 0.171. The van der Waals surface area contributed by atoms with Gasteiger partial charge in [-0.15, -0.1) is 0 Å². The zero-order valence-corrected chi connectivity index (χ0v) is 11.6. The predicted octanol–water partition coefficient (Wildman–Crippen LogP) is 1.84. The Morgan fingerprint density at radius 2 is 2.29 bits per heavy atom. The van der Waals surface area contributed by atoms with Crippen molar-refractivity contribution in [1.29, 1.82) is 0 Å². The highest BCUT2D eigenvalue weighted by Crippen LogP contribution is 2.18. The Kier molecular flexibility index (Phi) is 4.74. The number of ether oxygens (including phenoxy) is 1. The maximum Gasteiger partial charge on any atom is 0.322 e. The monoisotopic (exact) mass is 296 g/mol. The van der Waals surface area contributed by atoms with E-state index in [1.165, 1.54) is 23.1 Å². The summed E-state index contributed by atoms with van der Waals surface area (Å²) in [5.41, 5.74) is 1.10. The third kappa shape index (κ3) is 3.91. The second-order valence-corrected chi connectivity index (χ2v) is 4.91. The van der Waals surface area contributed by atoms with Crippen LogP contribution in [0.3, 0.4) is 0 Å². The molecular formula is C14H17FN2O4. The molecule has 21 heavy (non-hydrogen) atoms. The average Bonchev–Trinajstić information content (AvgIpc) is 2.42. The first kappa shape index (κ1) is 15.2. The Labute approximate surface area is 121 Å². The lowest BCUT2D eigenvalue weighted by atomic mass is 10.1. The molecule has 0 aliphatic carbocycles. The van der Waals surface area contributed by atoms with Crippen molar-refractivity contribution in [2.75, 3.05) is 25.1 Å². The lowest BCUT2D eigenvalue weighted by molar-refractivity contribution is -0.139. The number of carboxylic acids is 1. The van der Waals surface area contributed by atoms with Gasteiger partial charge in [-0.25, -0.2) is 9.18 Å². The first-order valence-electron chi connectivity index (χ1n) is 6.60. The van der Waals surface area contributed by atoms with Crippen molar-refractivity contribution >= 4 is 17.7 Å². The number of carbonyl (C=O) groups is 2. The molecule has 0 radical (unpaired) electrons. The number of nitrogens with one attached hydrogen (secondary N) is 1. The van der Waals surface area contributed by atoms with E-state index in [0.717, 1.165) is 0 Å². The summed E-state index contributed by atoms with van der Waals surface area (Å²) < 4.78 is 18.3. The van der Waals surface area contributed by atoms with Crippen LogP contribution < -0.4 is 5.32 Å². The van der Waals surface area contributed by atoms with E-state index in [1.807, 2.05) is 0 Å². The first-order valence-corrected chi connectivity index (χ1v) is 6.60. The number of hydrogen-bond acceptors (Lipinski definition) is 3. The van der Waals surface area contributed by atoms with Crippen molar-refractivity contribution < 1.29 is 23.8 Å². The Morgan fingerprint density at radius 3 is 2.95 bits per heavy atom. The van der Waals surface area contributed by atoms with Crippen LogP contribution in [0.5, 0.6) is 0 Å². The third-order valence-corrected chi connectivity index (χ3v) is 3.33. The van der Waals surface area contributed by atoms with Gasteiger partial charge in [0.2, 0.25) is 0 Å². The summed E-state index contributed by atoms with van der Waals surface area (Å²) in [6, 6.07) is 3.16. The molecule has 0 saturated carbocycles. The highest BCUT2D eigenvalue weighted by molar-refractivity contribution is 5.90. The van der Waals surface area contributed by atoms with Crippen molar-refractivity contribution in [3.05, 3.63) is 29.6 Å². The van der Waals surface area contributed by atoms with Crippen LogP contribution in [0, 0.1) is 12.7 Å². The van der Waals surface area contributed by atoms with Crippen LogP contribution in [0.2, 0.25) is 0 Å². The van der Waals surface area contributed by atoms with E-state index < -0.39 is 18.0 Å². The van der Waals surface area contributed by atoms with Gasteiger partial charge in [-0.3, -0.25) is 4.79 Å². The van der Waals surface area contributed by atoms with E-state index in [2.05, 4.69) is 5.32 Å². The molecule has 1 atom stereocenters. The van der Waals surface area contributed by atoms with Gasteiger partial charge < -0.3 is 20.1 Å². The Hall–Kier alpha value is -2.15. The predicted molar refractivity (Wildman–Crippen MR) is 73.7 cm³/mol. The molecule has 1 aliphatic heterocycles. The van der Waals surface area contributed by atoms with E-state index in [4.69, 9.17) is 9.84 Å². The van der Waals surface area contributed by atoms with Crippen molar-refractivity contribution in [2.24, 2.45) is 0 Å². The lowest BCUT2D eigenvalue weighted by Gasteiger charge is -2.34. The van der Waals surface area contributed by atoms with Crippen molar-refractivity contribution in [3.63, 3.8) is 0 Å². The number of aliphatic carboxylic acids is 1. The lowest BCUT2D eigenvalue weighted by Crippen LogP contribution is -2.51. The number of nitrogens with zero attached hydrogens (tertiary/aromatic N) is 1. The molecule has 0 spiro atoms. The van der Waals surface area contributed by atoms with Crippen molar-refractivity contribution in [1.82, 2.24) is 4.90 Å².